The van der Waals surface area contributed by atoms with Gasteiger partial charge in [0.05, 0.1) is 6.04 Å². The van der Waals surface area contributed by atoms with E-state index in [2.05, 4.69) is 25.4 Å². The van der Waals surface area contributed by atoms with E-state index in [4.69, 9.17) is 4.74 Å². The van der Waals surface area contributed by atoms with Crippen LogP contribution in [0.4, 0.5) is 0 Å². The van der Waals surface area contributed by atoms with Crippen molar-refractivity contribution >= 4 is 5.90 Å². The van der Waals surface area contributed by atoms with Crippen molar-refractivity contribution in [2.75, 3.05) is 0 Å². The molecule has 0 bridgehead atoms. The molecule has 2 atom stereocenters. The maximum Gasteiger partial charge on any atom is 0.211 e. The van der Waals surface area contributed by atoms with Crippen molar-refractivity contribution in [3.05, 3.63) is 12.2 Å². The monoisotopic (exact) mass is 167 g/mol. The van der Waals surface area contributed by atoms with Crippen molar-refractivity contribution in [3.8, 4) is 0 Å². The van der Waals surface area contributed by atoms with Crippen LogP contribution in [-0.4, -0.2) is 18.0 Å². The summed E-state index contributed by atoms with van der Waals surface area (Å²) in [5, 5.41) is 0. The molecule has 68 valence electrons. The molecule has 0 aromatic heterocycles. The van der Waals surface area contributed by atoms with Crippen LogP contribution in [0.2, 0.25) is 0 Å². The summed E-state index contributed by atoms with van der Waals surface area (Å²) >= 11 is 0. The van der Waals surface area contributed by atoms with Gasteiger partial charge in [0.2, 0.25) is 5.90 Å². The van der Waals surface area contributed by atoms with Gasteiger partial charge in [-0.2, -0.15) is 0 Å². The van der Waals surface area contributed by atoms with Gasteiger partial charge in [-0.05, 0) is 19.8 Å². The maximum absolute atomic E-state index is 5.63. The largest absolute Gasteiger partial charge is 0.472 e. The smallest absolute Gasteiger partial charge is 0.211 e. The summed E-state index contributed by atoms with van der Waals surface area (Å²) in [5.74, 6) is 0.758. The van der Waals surface area contributed by atoms with Crippen LogP contribution in [0.15, 0.2) is 17.1 Å². The van der Waals surface area contributed by atoms with Crippen LogP contribution in [0.5, 0.6) is 0 Å². The highest BCUT2D eigenvalue weighted by Gasteiger charge is 2.27. The minimum absolute atomic E-state index is 0.279. The average molecular weight is 167 g/mol. The lowest BCUT2D eigenvalue weighted by Gasteiger charge is -2.13. The molecule has 0 N–H and O–H groups in total. The van der Waals surface area contributed by atoms with Gasteiger partial charge in [0.25, 0.3) is 0 Å². The minimum atomic E-state index is 0.279. The molecule has 0 spiro atoms. The Bertz CT molecular complexity index is 208. The third kappa shape index (κ3) is 1.68. The molecule has 12 heavy (non-hydrogen) atoms. The normalized spacial score (nSPS) is 28.1. The molecule has 2 heteroatoms. The predicted octanol–water partition coefficient (Wildman–Crippen LogP) is 2.55. The summed E-state index contributed by atoms with van der Waals surface area (Å²) in [6.45, 7) is 10.0. The molecule has 2 nitrogen and oxygen atoms in total. The fourth-order valence-electron chi connectivity index (χ4n) is 1.41. The Balaban J connectivity index is 2.66. The first kappa shape index (κ1) is 9.30. The molecule has 2 unspecified atom stereocenters. The molecule has 1 heterocycles. The van der Waals surface area contributed by atoms with Crippen molar-refractivity contribution in [1.82, 2.24) is 0 Å². The fourth-order valence-corrected chi connectivity index (χ4v) is 1.41. The molecular formula is C10H17NO. The summed E-state index contributed by atoms with van der Waals surface area (Å²) in [6.07, 6.45) is 2.36. The molecule has 0 aliphatic carbocycles. The highest BCUT2D eigenvalue weighted by atomic mass is 16.5. The number of ether oxygens (including phenoxy) is 1. The van der Waals surface area contributed by atoms with E-state index in [0.717, 1.165) is 24.3 Å². The van der Waals surface area contributed by atoms with E-state index in [0.29, 0.717) is 6.04 Å². The summed E-state index contributed by atoms with van der Waals surface area (Å²) in [6, 6.07) is 0.349. The maximum atomic E-state index is 5.63. The Kier molecular flexibility index (Phi) is 2.90. The quantitative estimate of drug-likeness (QED) is 0.633. The van der Waals surface area contributed by atoms with E-state index in [-0.39, 0.29) is 6.10 Å². The number of aliphatic imine (C=N–C) groups is 1. The van der Waals surface area contributed by atoms with Crippen molar-refractivity contribution in [1.29, 1.82) is 0 Å². The number of hydrogen-bond donors (Lipinski definition) is 0. The Morgan fingerprint density at radius 2 is 2.17 bits per heavy atom. The second-order valence-electron chi connectivity index (χ2n) is 3.25. The van der Waals surface area contributed by atoms with Crippen LogP contribution in [0.1, 0.15) is 33.6 Å². The Labute approximate surface area is 74.3 Å². The van der Waals surface area contributed by atoms with Crippen molar-refractivity contribution in [2.45, 2.75) is 45.8 Å². The van der Waals surface area contributed by atoms with E-state index in [1.807, 2.05) is 6.92 Å². The lowest BCUT2D eigenvalue weighted by atomic mass is 10.1. The third-order valence-corrected chi connectivity index (χ3v) is 2.16. The van der Waals surface area contributed by atoms with Gasteiger partial charge in [0, 0.05) is 5.57 Å². The summed E-state index contributed by atoms with van der Waals surface area (Å²) in [5.41, 5.74) is 0.935. The van der Waals surface area contributed by atoms with E-state index < -0.39 is 0 Å². The third-order valence-electron chi connectivity index (χ3n) is 2.16. The molecule has 0 radical (unpaired) electrons. The van der Waals surface area contributed by atoms with Crippen LogP contribution in [0.25, 0.3) is 0 Å². The first-order chi connectivity index (χ1) is 5.69. The van der Waals surface area contributed by atoms with Crippen LogP contribution in [-0.2, 0) is 4.74 Å². The Morgan fingerprint density at radius 3 is 2.50 bits per heavy atom. The first-order valence-corrected chi connectivity index (χ1v) is 4.59. The van der Waals surface area contributed by atoms with Crippen LogP contribution >= 0.6 is 0 Å². The second kappa shape index (κ2) is 3.74. The highest BCUT2D eigenvalue weighted by Crippen LogP contribution is 2.21. The minimum Gasteiger partial charge on any atom is -0.472 e. The highest BCUT2D eigenvalue weighted by molar-refractivity contribution is 5.93. The zero-order valence-corrected chi connectivity index (χ0v) is 8.13. The van der Waals surface area contributed by atoms with Gasteiger partial charge in [-0.1, -0.05) is 20.4 Å². The van der Waals surface area contributed by atoms with Crippen molar-refractivity contribution in [3.63, 3.8) is 0 Å². The molecule has 0 saturated carbocycles. The lowest BCUT2D eigenvalue weighted by molar-refractivity contribution is 0.185. The van der Waals surface area contributed by atoms with E-state index in [1.165, 1.54) is 0 Å². The topological polar surface area (TPSA) is 21.6 Å². The number of nitrogens with zero attached hydrogens (tertiary/aromatic N) is 1. The molecule has 0 aromatic rings. The zero-order valence-electron chi connectivity index (χ0n) is 8.13. The van der Waals surface area contributed by atoms with E-state index >= 15 is 0 Å². The van der Waals surface area contributed by atoms with Gasteiger partial charge < -0.3 is 4.74 Å². The zero-order chi connectivity index (χ0) is 9.14. The molecule has 1 aliphatic rings. The van der Waals surface area contributed by atoms with E-state index in [1.54, 1.807) is 0 Å². The first-order valence-electron chi connectivity index (χ1n) is 4.59. The van der Waals surface area contributed by atoms with Crippen LogP contribution in [0, 0.1) is 0 Å². The lowest BCUT2D eigenvalue weighted by Crippen LogP contribution is -2.20. The van der Waals surface area contributed by atoms with Crippen LogP contribution < -0.4 is 0 Å². The fraction of sp³-hybridized carbons (Fsp3) is 0.700. The van der Waals surface area contributed by atoms with Crippen LogP contribution in [0.3, 0.4) is 0 Å². The van der Waals surface area contributed by atoms with Gasteiger partial charge in [-0.15, -0.1) is 0 Å². The summed E-state index contributed by atoms with van der Waals surface area (Å²) < 4.78 is 5.63. The molecule has 0 amide bonds. The average Bonchev–Trinajstić information content (AvgIpc) is 2.46. The molecule has 1 aliphatic heterocycles. The Morgan fingerprint density at radius 1 is 1.50 bits per heavy atom. The molecule has 1 rings (SSSR count). The SMILES string of the molecule is C=C(C)C1=NC(CC)C(CC)O1. The van der Waals surface area contributed by atoms with E-state index in [9.17, 15) is 0 Å². The van der Waals surface area contributed by atoms with Crippen molar-refractivity contribution in [2.24, 2.45) is 4.99 Å². The second-order valence-corrected chi connectivity index (χ2v) is 3.25. The Hall–Kier alpha value is -0.790. The summed E-state index contributed by atoms with van der Waals surface area (Å²) in [7, 11) is 0. The van der Waals surface area contributed by atoms with Crippen molar-refractivity contribution < 1.29 is 4.74 Å². The predicted molar refractivity (Wildman–Crippen MR) is 51.5 cm³/mol. The standard InChI is InChI=1S/C10H17NO/c1-5-8-9(6-2)12-10(11-8)7(3)4/h8-9H,3,5-6H2,1-2,4H3. The molecule has 0 aromatic carbocycles. The van der Waals surface area contributed by atoms with Gasteiger partial charge >= 0.3 is 0 Å². The number of rotatable bonds is 3. The molecule has 0 saturated heterocycles. The van der Waals surface area contributed by atoms with Gasteiger partial charge in [0.15, 0.2) is 0 Å². The molecule has 0 fully saturated rings. The van der Waals surface area contributed by atoms with Gasteiger partial charge in [-0.25, -0.2) is 4.99 Å². The molecular weight excluding hydrogens is 150 g/mol. The van der Waals surface area contributed by atoms with Gasteiger partial charge in [0.1, 0.15) is 6.10 Å². The van der Waals surface area contributed by atoms with Gasteiger partial charge in [-0.3, -0.25) is 0 Å². The number of hydrogen-bond acceptors (Lipinski definition) is 2. The summed E-state index contributed by atoms with van der Waals surface area (Å²) in [4.78, 5) is 4.45.